The summed E-state index contributed by atoms with van der Waals surface area (Å²) in [6.07, 6.45) is 7.14. The van der Waals surface area contributed by atoms with Crippen molar-refractivity contribution < 1.29 is 13.2 Å². The average Bonchev–Trinajstić information content (AvgIpc) is 3.28. The Morgan fingerprint density at radius 3 is 2.66 bits per heavy atom. The van der Waals surface area contributed by atoms with Crippen LogP contribution in [0, 0.1) is 11.3 Å². The third-order valence-corrected chi connectivity index (χ3v) is 7.31. The van der Waals surface area contributed by atoms with Crippen molar-refractivity contribution in [1.82, 2.24) is 18.9 Å². The molecule has 2 aromatic heterocycles. The molecular formula is C18H21ClN6O3S. The Kier molecular flexibility index (Phi) is 5.23. The quantitative estimate of drug-likeness (QED) is 0.777. The van der Waals surface area contributed by atoms with E-state index in [4.69, 9.17) is 11.6 Å². The monoisotopic (exact) mass is 436 g/mol. The molecule has 2 fully saturated rings. The van der Waals surface area contributed by atoms with Crippen LogP contribution in [-0.4, -0.2) is 58.5 Å². The van der Waals surface area contributed by atoms with E-state index in [1.54, 1.807) is 10.7 Å². The summed E-state index contributed by atoms with van der Waals surface area (Å²) in [6, 6.07) is 1.63. The zero-order chi connectivity index (χ0) is 20.8. The second-order valence-electron chi connectivity index (χ2n) is 7.59. The Bertz CT molecular complexity index is 1120. The molecular weight excluding hydrogens is 416 g/mol. The smallest absolute Gasteiger partial charge is 0.241 e. The summed E-state index contributed by atoms with van der Waals surface area (Å²) in [5, 5.41) is 17.5. The molecule has 1 aliphatic carbocycles. The number of aromatic nitrogens is 3. The van der Waals surface area contributed by atoms with Crippen molar-refractivity contribution in [1.29, 1.82) is 5.26 Å². The number of carbonyl (C=O) groups is 1. The molecule has 0 unspecified atom stereocenters. The van der Waals surface area contributed by atoms with Gasteiger partial charge in [0.2, 0.25) is 16.0 Å². The molecule has 0 spiro atoms. The predicted molar refractivity (Wildman–Crippen MR) is 107 cm³/mol. The molecule has 1 saturated heterocycles. The molecule has 0 amide bonds. The second-order valence-corrected chi connectivity index (χ2v) is 9.96. The summed E-state index contributed by atoms with van der Waals surface area (Å²) in [7, 11) is -3.40. The fourth-order valence-corrected chi connectivity index (χ4v) is 5.24. The van der Waals surface area contributed by atoms with Gasteiger partial charge in [-0.15, -0.1) is 5.10 Å². The van der Waals surface area contributed by atoms with Gasteiger partial charge in [-0.3, -0.25) is 4.79 Å². The van der Waals surface area contributed by atoms with E-state index in [9.17, 15) is 18.5 Å². The van der Waals surface area contributed by atoms with Crippen molar-refractivity contribution >= 4 is 38.9 Å². The summed E-state index contributed by atoms with van der Waals surface area (Å²) in [6.45, 7) is 0.0890. The van der Waals surface area contributed by atoms with Crippen molar-refractivity contribution in [2.45, 2.75) is 44.1 Å². The van der Waals surface area contributed by atoms with Gasteiger partial charge >= 0.3 is 0 Å². The lowest BCUT2D eigenvalue weighted by atomic mass is 10.0. The molecule has 154 valence electrons. The Morgan fingerprint density at radius 2 is 2.03 bits per heavy atom. The van der Waals surface area contributed by atoms with Crippen molar-refractivity contribution in [3.63, 3.8) is 0 Å². The van der Waals surface area contributed by atoms with Gasteiger partial charge in [-0.1, -0.05) is 24.4 Å². The normalized spacial score (nSPS) is 21.6. The molecule has 2 aromatic rings. The highest BCUT2D eigenvalue weighted by Gasteiger charge is 2.32. The zero-order valence-electron chi connectivity index (χ0n) is 15.9. The van der Waals surface area contributed by atoms with Gasteiger partial charge in [0, 0.05) is 12.5 Å². The molecule has 1 N–H and O–H groups in total. The maximum absolute atomic E-state index is 12.4. The summed E-state index contributed by atoms with van der Waals surface area (Å²) in [4.78, 5) is 16.7. The zero-order valence-corrected chi connectivity index (χ0v) is 17.5. The molecule has 0 bridgehead atoms. The molecule has 4 rings (SSSR count). The SMILES string of the molecule is CS(=O)(=O)N1CC[C@@H](Nc2ncc3c(Cl)c(C#N)c(C4CCCC4)n3n2)C(=O)C1. The Labute approximate surface area is 173 Å². The summed E-state index contributed by atoms with van der Waals surface area (Å²) in [5.74, 6) is 0.232. The van der Waals surface area contributed by atoms with Crippen LogP contribution in [0.15, 0.2) is 6.20 Å². The van der Waals surface area contributed by atoms with Crippen LogP contribution in [0.1, 0.15) is 49.3 Å². The van der Waals surface area contributed by atoms with Gasteiger partial charge in [0.15, 0.2) is 5.78 Å². The molecule has 1 aliphatic heterocycles. The van der Waals surface area contributed by atoms with Gasteiger partial charge in [0.25, 0.3) is 0 Å². The van der Waals surface area contributed by atoms with Crippen LogP contribution in [0.5, 0.6) is 0 Å². The van der Waals surface area contributed by atoms with E-state index in [0.29, 0.717) is 22.5 Å². The number of rotatable bonds is 4. The minimum atomic E-state index is -3.40. The van der Waals surface area contributed by atoms with Gasteiger partial charge in [-0.2, -0.15) is 9.57 Å². The van der Waals surface area contributed by atoms with E-state index in [2.05, 4.69) is 21.5 Å². The lowest BCUT2D eigenvalue weighted by Crippen LogP contribution is -2.48. The molecule has 2 aliphatic rings. The number of nitrogens with zero attached hydrogens (tertiary/aromatic N) is 5. The number of fused-ring (bicyclic) bond motifs is 1. The molecule has 9 nitrogen and oxygen atoms in total. The van der Waals surface area contributed by atoms with E-state index in [1.165, 1.54) is 4.31 Å². The number of anilines is 1. The van der Waals surface area contributed by atoms with Crippen LogP contribution >= 0.6 is 11.6 Å². The largest absolute Gasteiger partial charge is 0.343 e. The molecule has 1 saturated carbocycles. The third-order valence-electron chi connectivity index (χ3n) is 5.67. The lowest BCUT2D eigenvalue weighted by Gasteiger charge is -2.29. The first kappa shape index (κ1) is 20.1. The van der Waals surface area contributed by atoms with Crippen LogP contribution in [0.3, 0.4) is 0 Å². The lowest BCUT2D eigenvalue weighted by molar-refractivity contribution is -0.121. The fourth-order valence-electron chi connectivity index (χ4n) is 4.17. The van der Waals surface area contributed by atoms with Crippen molar-refractivity contribution in [3.8, 4) is 6.07 Å². The number of nitrogens with one attached hydrogen (secondary N) is 1. The maximum atomic E-state index is 12.4. The first-order valence-corrected chi connectivity index (χ1v) is 11.7. The number of hydrogen-bond donors (Lipinski definition) is 1. The van der Waals surface area contributed by atoms with Gasteiger partial charge in [0.1, 0.15) is 11.6 Å². The molecule has 1 atom stereocenters. The molecule has 29 heavy (non-hydrogen) atoms. The van der Waals surface area contributed by atoms with Crippen LogP contribution in [0.2, 0.25) is 5.02 Å². The van der Waals surface area contributed by atoms with Crippen LogP contribution in [0.4, 0.5) is 5.95 Å². The first-order valence-electron chi connectivity index (χ1n) is 9.51. The van der Waals surface area contributed by atoms with Crippen LogP contribution < -0.4 is 5.32 Å². The summed E-state index contributed by atoms with van der Waals surface area (Å²) >= 11 is 6.41. The fraction of sp³-hybridized carbons (Fsp3) is 0.556. The van der Waals surface area contributed by atoms with Crippen LogP contribution in [0.25, 0.3) is 5.52 Å². The van der Waals surface area contributed by atoms with Gasteiger partial charge in [-0.25, -0.2) is 17.9 Å². The van der Waals surface area contributed by atoms with E-state index in [0.717, 1.165) is 37.6 Å². The van der Waals surface area contributed by atoms with Crippen molar-refractivity contribution in [2.24, 2.45) is 0 Å². The van der Waals surface area contributed by atoms with Gasteiger partial charge in [-0.05, 0) is 19.3 Å². The van der Waals surface area contributed by atoms with E-state index < -0.39 is 16.1 Å². The van der Waals surface area contributed by atoms with Crippen molar-refractivity contribution in [2.75, 3.05) is 24.7 Å². The summed E-state index contributed by atoms with van der Waals surface area (Å²) < 4.78 is 26.1. The second kappa shape index (κ2) is 7.55. The number of nitriles is 1. The average molecular weight is 437 g/mol. The maximum Gasteiger partial charge on any atom is 0.241 e. The topological polar surface area (TPSA) is 120 Å². The number of piperidine rings is 1. The Morgan fingerprint density at radius 1 is 1.31 bits per heavy atom. The Balaban J connectivity index is 1.63. The molecule has 0 aromatic carbocycles. The van der Waals surface area contributed by atoms with Crippen LogP contribution in [-0.2, 0) is 14.8 Å². The third kappa shape index (κ3) is 3.70. The number of hydrogen-bond acceptors (Lipinski definition) is 7. The molecule has 11 heteroatoms. The molecule has 3 heterocycles. The van der Waals surface area contributed by atoms with E-state index in [-0.39, 0.29) is 30.7 Å². The highest BCUT2D eigenvalue weighted by atomic mass is 35.5. The minimum absolute atomic E-state index is 0.167. The van der Waals surface area contributed by atoms with E-state index in [1.807, 2.05) is 0 Å². The van der Waals surface area contributed by atoms with Gasteiger partial charge in [0.05, 0.1) is 41.3 Å². The highest BCUT2D eigenvalue weighted by Crippen LogP contribution is 2.40. The minimum Gasteiger partial charge on any atom is -0.343 e. The van der Waals surface area contributed by atoms with Gasteiger partial charge < -0.3 is 5.32 Å². The number of ketones is 1. The highest BCUT2D eigenvalue weighted by molar-refractivity contribution is 7.88. The summed E-state index contributed by atoms with van der Waals surface area (Å²) in [5.41, 5.74) is 1.80. The number of carbonyl (C=O) groups excluding carboxylic acids is 1. The van der Waals surface area contributed by atoms with Crippen molar-refractivity contribution in [3.05, 3.63) is 22.5 Å². The first-order chi connectivity index (χ1) is 13.8. The number of sulfonamides is 1. The van der Waals surface area contributed by atoms with E-state index >= 15 is 0 Å². The number of Topliss-reactive ketones (excluding diaryl/α,β-unsaturated/α-hetero) is 1. The standard InChI is InChI=1S/C18H21ClN6O3S/c1-29(27,28)24-7-6-13(15(26)10-24)22-18-21-9-14-16(19)12(8-20)17(25(14)23-18)11-4-2-3-5-11/h9,11,13H,2-7,10H2,1H3,(H,22,23)/t13-/m1/s1. The predicted octanol–water partition coefficient (Wildman–Crippen LogP) is 1.93. The molecule has 0 radical (unpaired) electrons. The number of halogens is 1. The Hall–Kier alpha value is -2.22.